The SMILES string of the molecule is COc1cc(C)c(-c2nc(C=O)cs2)c(C)c1C. The molecule has 0 aliphatic carbocycles. The van der Waals surface area contributed by atoms with Gasteiger partial charge in [0.05, 0.1) is 7.11 Å². The summed E-state index contributed by atoms with van der Waals surface area (Å²) in [5.41, 5.74) is 4.97. The number of carbonyl (C=O) groups excluding carboxylic acids is 1. The van der Waals surface area contributed by atoms with Crippen LogP contribution in [0.5, 0.6) is 5.75 Å². The van der Waals surface area contributed by atoms with Crippen LogP contribution in [0.2, 0.25) is 0 Å². The van der Waals surface area contributed by atoms with Crippen molar-refractivity contribution in [3.63, 3.8) is 0 Å². The summed E-state index contributed by atoms with van der Waals surface area (Å²) in [6.45, 7) is 6.12. The van der Waals surface area contributed by atoms with Crippen LogP contribution in [0.4, 0.5) is 0 Å². The van der Waals surface area contributed by atoms with E-state index in [9.17, 15) is 4.79 Å². The van der Waals surface area contributed by atoms with Crippen molar-refractivity contribution in [1.82, 2.24) is 4.98 Å². The number of ether oxygens (including phenoxy) is 1. The van der Waals surface area contributed by atoms with Gasteiger partial charge in [-0.15, -0.1) is 11.3 Å². The molecule has 0 fully saturated rings. The molecule has 0 saturated heterocycles. The first kappa shape index (κ1) is 12.8. The summed E-state index contributed by atoms with van der Waals surface area (Å²) in [6.07, 6.45) is 0.779. The third-order valence-electron chi connectivity index (χ3n) is 3.13. The molecular weight excluding hydrogens is 246 g/mol. The molecule has 0 bridgehead atoms. The summed E-state index contributed by atoms with van der Waals surface area (Å²) >= 11 is 1.49. The number of thiazole rings is 1. The highest BCUT2D eigenvalue weighted by molar-refractivity contribution is 7.13. The zero-order chi connectivity index (χ0) is 13.3. The van der Waals surface area contributed by atoms with Crippen molar-refractivity contribution in [2.75, 3.05) is 7.11 Å². The fourth-order valence-corrected chi connectivity index (χ4v) is 2.97. The Balaban J connectivity index is 2.64. The standard InChI is InChI=1S/C14H15NO2S/c1-8-5-12(17-4)9(2)10(3)13(8)14-15-11(6-16)7-18-14/h5-7H,1-4H3. The molecule has 0 unspecified atom stereocenters. The fourth-order valence-electron chi connectivity index (χ4n) is 2.04. The molecular formula is C14H15NO2S. The van der Waals surface area contributed by atoms with Crippen LogP contribution in [0, 0.1) is 20.8 Å². The van der Waals surface area contributed by atoms with Crippen molar-refractivity contribution in [1.29, 1.82) is 0 Å². The molecule has 94 valence electrons. The van der Waals surface area contributed by atoms with E-state index in [-0.39, 0.29) is 0 Å². The number of hydrogen-bond donors (Lipinski definition) is 0. The van der Waals surface area contributed by atoms with Gasteiger partial charge in [-0.3, -0.25) is 4.79 Å². The number of aryl methyl sites for hydroxylation is 1. The molecule has 0 aliphatic heterocycles. The van der Waals surface area contributed by atoms with Gasteiger partial charge in [0.15, 0.2) is 6.29 Å². The van der Waals surface area contributed by atoms with Gasteiger partial charge in [0.25, 0.3) is 0 Å². The molecule has 18 heavy (non-hydrogen) atoms. The highest BCUT2D eigenvalue weighted by atomic mass is 32.1. The molecule has 0 N–H and O–H groups in total. The van der Waals surface area contributed by atoms with E-state index < -0.39 is 0 Å². The normalized spacial score (nSPS) is 10.4. The lowest BCUT2D eigenvalue weighted by atomic mass is 9.98. The lowest BCUT2D eigenvalue weighted by molar-refractivity contribution is 0.111. The topological polar surface area (TPSA) is 39.2 Å². The van der Waals surface area contributed by atoms with E-state index in [1.165, 1.54) is 11.3 Å². The van der Waals surface area contributed by atoms with Gasteiger partial charge in [-0.2, -0.15) is 0 Å². The Kier molecular flexibility index (Phi) is 3.48. The monoisotopic (exact) mass is 261 g/mol. The number of aromatic nitrogens is 1. The lowest BCUT2D eigenvalue weighted by Gasteiger charge is -2.14. The summed E-state index contributed by atoms with van der Waals surface area (Å²) in [5.74, 6) is 0.890. The highest BCUT2D eigenvalue weighted by Gasteiger charge is 2.15. The smallest absolute Gasteiger partial charge is 0.169 e. The molecule has 2 rings (SSSR count). The van der Waals surface area contributed by atoms with Crippen molar-refractivity contribution in [3.05, 3.63) is 33.8 Å². The minimum Gasteiger partial charge on any atom is -0.496 e. The second kappa shape index (κ2) is 4.90. The Morgan fingerprint density at radius 2 is 2.00 bits per heavy atom. The largest absolute Gasteiger partial charge is 0.496 e. The fraction of sp³-hybridized carbons (Fsp3) is 0.286. The maximum atomic E-state index is 10.7. The van der Waals surface area contributed by atoms with Crippen LogP contribution in [0.25, 0.3) is 10.6 Å². The summed E-state index contributed by atoms with van der Waals surface area (Å²) in [5, 5.41) is 2.67. The molecule has 1 aromatic heterocycles. The quantitative estimate of drug-likeness (QED) is 0.793. The van der Waals surface area contributed by atoms with E-state index in [0.717, 1.165) is 39.3 Å². The third kappa shape index (κ3) is 2.04. The second-order valence-electron chi connectivity index (χ2n) is 4.22. The van der Waals surface area contributed by atoms with Crippen molar-refractivity contribution in [2.45, 2.75) is 20.8 Å². The summed E-state index contributed by atoms with van der Waals surface area (Å²) in [6, 6.07) is 2.01. The predicted molar refractivity (Wildman–Crippen MR) is 73.7 cm³/mol. The number of methoxy groups -OCH3 is 1. The molecule has 4 heteroatoms. The molecule has 0 amide bonds. The van der Waals surface area contributed by atoms with Gasteiger partial charge >= 0.3 is 0 Å². The van der Waals surface area contributed by atoms with E-state index in [2.05, 4.69) is 11.9 Å². The average molecular weight is 261 g/mol. The van der Waals surface area contributed by atoms with E-state index in [4.69, 9.17) is 4.74 Å². The number of aldehydes is 1. The van der Waals surface area contributed by atoms with E-state index in [1.807, 2.05) is 19.9 Å². The summed E-state index contributed by atoms with van der Waals surface area (Å²) < 4.78 is 5.35. The Hall–Kier alpha value is -1.68. The molecule has 0 spiro atoms. The molecule has 1 heterocycles. The predicted octanol–water partition coefficient (Wildman–Crippen LogP) is 3.56. The number of hydrogen-bond acceptors (Lipinski definition) is 4. The maximum Gasteiger partial charge on any atom is 0.169 e. The zero-order valence-corrected chi connectivity index (χ0v) is 11.7. The summed E-state index contributed by atoms with van der Waals surface area (Å²) in [7, 11) is 1.68. The van der Waals surface area contributed by atoms with Crippen LogP contribution < -0.4 is 4.74 Å². The highest BCUT2D eigenvalue weighted by Crippen LogP contribution is 2.35. The van der Waals surface area contributed by atoms with Gasteiger partial charge in [-0.05, 0) is 43.5 Å². The molecule has 2 aromatic rings. The molecule has 0 radical (unpaired) electrons. The molecule has 1 aromatic carbocycles. The molecule has 0 aliphatic rings. The summed E-state index contributed by atoms with van der Waals surface area (Å²) in [4.78, 5) is 15.0. The van der Waals surface area contributed by atoms with Crippen LogP contribution in [0.1, 0.15) is 27.2 Å². The van der Waals surface area contributed by atoms with Gasteiger partial charge in [0, 0.05) is 10.9 Å². The van der Waals surface area contributed by atoms with Crippen LogP contribution >= 0.6 is 11.3 Å². The van der Waals surface area contributed by atoms with E-state index in [1.54, 1.807) is 12.5 Å². The maximum absolute atomic E-state index is 10.7. The van der Waals surface area contributed by atoms with Crippen molar-refractivity contribution >= 4 is 17.6 Å². The van der Waals surface area contributed by atoms with Crippen molar-refractivity contribution < 1.29 is 9.53 Å². The van der Waals surface area contributed by atoms with Crippen molar-refractivity contribution in [2.24, 2.45) is 0 Å². The Morgan fingerprint density at radius 1 is 1.28 bits per heavy atom. The second-order valence-corrected chi connectivity index (χ2v) is 5.07. The molecule has 0 saturated carbocycles. The molecule has 0 atom stereocenters. The van der Waals surface area contributed by atoms with Crippen LogP contribution in [0.15, 0.2) is 11.4 Å². The minimum atomic E-state index is 0.488. The van der Waals surface area contributed by atoms with E-state index >= 15 is 0 Å². The average Bonchev–Trinajstić information content (AvgIpc) is 2.82. The van der Waals surface area contributed by atoms with Gasteiger partial charge < -0.3 is 4.74 Å². The van der Waals surface area contributed by atoms with Gasteiger partial charge in [0.1, 0.15) is 16.5 Å². The number of nitrogens with zero attached hydrogens (tertiary/aromatic N) is 1. The first-order valence-electron chi connectivity index (χ1n) is 5.64. The van der Waals surface area contributed by atoms with E-state index in [0.29, 0.717) is 5.69 Å². The number of rotatable bonds is 3. The Bertz CT molecular complexity index is 602. The molecule has 3 nitrogen and oxygen atoms in total. The van der Waals surface area contributed by atoms with Gasteiger partial charge in [0.2, 0.25) is 0 Å². The minimum absolute atomic E-state index is 0.488. The Labute approximate surface area is 110 Å². The van der Waals surface area contributed by atoms with Crippen LogP contribution in [0.3, 0.4) is 0 Å². The van der Waals surface area contributed by atoms with Crippen LogP contribution in [-0.2, 0) is 0 Å². The number of carbonyl (C=O) groups is 1. The third-order valence-corrected chi connectivity index (χ3v) is 4.00. The first-order chi connectivity index (χ1) is 8.58. The van der Waals surface area contributed by atoms with Gasteiger partial charge in [-0.1, -0.05) is 0 Å². The van der Waals surface area contributed by atoms with Gasteiger partial charge in [-0.25, -0.2) is 4.98 Å². The zero-order valence-electron chi connectivity index (χ0n) is 10.9. The lowest BCUT2D eigenvalue weighted by Crippen LogP contribution is -1.96. The Morgan fingerprint density at radius 3 is 2.56 bits per heavy atom. The first-order valence-corrected chi connectivity index (χ1v) is 6.52. The van der Waals surface area contributed by atoms with Crippen molar-refractivity contribution in [3.8, 4) is 16.3 Å². The number of benzene rings is 1. The van der Waals surface area contributed by atoms with Crippen LogP contribution in [-0.4, -0.2) is 18.4 Å².